The predicted molar refractivity (Wildman–Crippen MR) is 165 cm³/mol. The van der Waals surface area contributed by atoms with Crippen molar-refractivity contribution in [3.8, 4) is 0 Å². The Labute approximate surface area is 250 Å². The van der Waals surface area contributed by atoms with Crippen molar-refractivity contribution in [2.75, 3.05) is 0 Å². The molecule has 0 aliphatic carbocycles. The van der Waals surface area contributed by atoms with Crippen LogP contribution < -0.4 is 21.3 Å². The Morgan fingerprint density at radius 1 is 0.837 bits per heavy atom. The Kier molecular flexibility index (Phi) is 8.84. The van der Waals surface area contributed by atoms with Crippen molar-refractivity contribution in [2.45, 2.75) is 77.2 Å². The van der Waals surface area contributed by atoms with E-state index in [1.54, 1.807) is 33.9 Å². The van der Waals surface area contributed by atoms with E-state index >= 15 is 0 Å². The molecule has 43 heavy (non-hydrogen) atoms. The highest BCUT2D eigenvalue weighted by molar-refractivity contribution is 5.94. The van der Waals surface area contributed by atoms with E-state index in [2.05, 4.69) is 31.2 Å². The highest BCUT2D eigenvalue weighted by atomic mass is 16.6. The van der Waals surface area contributed by atoms with Crippen LogP contribution in [-0.4, -0.2) is 57.1 Å². The minimum Gasteiger partial charge on any atom is -0.444 e. The van der Waals surface area contributed by atoms with Gasteiger partial charge >= 0.3 is 6.09 Å². The summed E-state index contributed by atoms with van der Waals surface area (Å²) in [6, 6.07) is 14.3. The summed E-state index contributed by atoms with van der Waals surface area (Å²) in [5, 5.41) is 13.0. The van der Waals surface area contributed by atoms with Crippen molar-refractivity contribution >= 4 is 46.1 Å². The van der Waals surface area contributed by atoms with Gasteiger partial charge in [-0.05, 0) is 64.8 Å². The molecule has 0 saturated carbocycles. The zero-order valence-corrected chi connectivity index (χ0v) is 25.4. The summed E-state index contributed by atoms with van der Waals surface area (Å²) in [6.45, 7) is 9.94. The van der Waals surface area contributed by atoms with E-state index in [-0.39, 0.29) is 12.8 Å². The number of carbonyl (C=O) groups excluding carboxylic acids is 4. The second kappa shape index (κ2) is 12.2. The second-order valence-electron chi connectivity index (χ2n) is 12.5. The van der Waals surface area contributed by atoms with Gasteiger partial charge in [-0.25, -0.2) is 4.79 Å². The first kappa shape index (κ1) is 31.1. The molecule has 6 N–H and O–H groups in total. The molecule has 2 atom stereocenters. The third kappa shape index (κ3) is 7.73. The van der Waals surface area contributed by atoms with Crippen molar-refractivity contribution in [1.82, 2.24) is 31.2 Å². The van der Waals surface area contributed by atoms with Crippen LogP contribution in [-0.2, 0) is 32.0 Å². The fourth-order valence-electron chi connectivity index (χ4n) is 4.96. The Bertz CT molecular complexity index is 1630. The zero-order chi connectivity index (χ0) is 31.4. The summed E-state index contributed by atoms with van der Waals surface area (Å²) in [7, 11) is 0. The fraction of sp³-hybridized carbons (Fsp3) is 0.375. The summed E-state index contributed by atoms with van der Waals surface area (Å²) < 4.78 is 5.33. The van der Waals surface area contributed by atoms with Gasteiger partial charge in [0.2, 0.25) is 18.2 Å². The van der Waals surface area contributed by atoms with Crippen LogP contribution in [0.1, 0.15) is 52.7 Å². The molecule has 0 aliphatic rings. The van der Waals surface area contributed by atoms with E-state index in [0.29, 0.717) is 6.41 Å². The van der Waals surface area contributed by atoms with Gasteiger partial charge in [0.15, 0.2) is 0 Å². The van der Waals surface area contributed by atoms with Crippen LogP contribution in [0.4, 0.5) is 4.79 Å². The van der Waals surface area contributed by atoms with Gasteiger partial charge in [-0.2, -0.15) is 0 Å². The lowest BCUT2D eigenvalue weighted by atomic mass is 9.98. The lowest BCUT2D eigenvalue weighted by molar-refractivity contribution is -0.133. The van der Waals surface area contributed by atoms with E-state index in [0.717, 1.165) is 32.9 Å². The quantitative estimate of drug-likeness (QED) is 0.116. The first-order valence-electron chi connectivity index (χ1n) is 14.2. The third-order valence-corrected chi connectivity index (χ3v) is 7.10. The highest BCUT2D eigenvalue weighted by Crippen LogP contribution is 2.23. The number of benzene rings is 2. The van der Waals surface area contributed by atoms with E-state index in [1.807, 2.05) is 54.7 Å². The fourth-order valence-corrected chi connectivity index (χ4v) is 4.96. The molecule has 4 amide bonds. The van der Waals surface area contributed by atoms with E-state index in [1.165, 1.54) is 13.8 Å². The maximum absolute atomic E-state index is 13.9. The summed E-state index contributed by atoms with van der Waals surface area (Å²) in [4.78, 5) is 58.0. The SMILES string of the molecule is CC(C)(C)OC(=O)NC(C)(C)C(=O)N[C@H](Cc1c[nH]c2ccccc12)C(=O)N[C@](C)(Cc1c[nH]c2ccccc12)NC=O. The number of H-pyrrole nitrogens is 2. The van der Waals surface area contributed by atoms with Gasteiger partial charge < -0.3 is 36.0 Å². The standard InChI is InChI=1S/C32H40N6O5/c1-30(2,3)43-29(42)38-31(4,5)28(41)36-26(15-20-17-33-24-13-9-7-11-22(20)24)27(40)37-32(6,35-19-39)16-21-18-34-25-14-10-8-12-23(21)25/h7-14,17-19,26,33-34H,15-16H2,1-6H3,(H,35,39)(H,36,41)(H,37,40)(H,38,42)/t26-,32-/m1/s1. The molecule has 4 aromatic rings. The van der Waals surface area contributed by atoms with Gasteiger partial charge in [-0.3, -0.25) is 14.4 Å². The predicted octanol–water partition coefficient (Wildman–Crippen LogP) is 3.80. The lowest BCUT2D eigenvalue weighted by Crippen LogP contribution is -2.64. The number of para-hydroxylation sites is 2. The summed E-state index contributed by atoms with van der Waals surface area (Å²) in [5.74, 6) is -1.09. The van der Waals surface area contributed by atoms with Crippen LogP contribution in [0.5, 0.6) is 0 Å². The Balaban J connectivity index is 1.60. The smallest absolute Gasteiger partial charge is 0.408 e. The Morgan fingerprint density at radius 2 is 1.40 bits per heavy atom. The van der Waals surface area contributed by atoms with E-state index < -0.39 is 40.8 Å². The molecule has 2 aromatic carbocycles. The van der Waals surface area contributed by atoms with Crippen LogP contribution in [0.3, 0.4) is 0 Å². The van der Waals surface area contributed by atoms with E-state index in [4.69, 9.17) is 4.74 Å². The Morgan fingerprint density at radius 3 is 1.98 bits per heavy atom. The number of rotatable bonds is 11. The van der Waals surface area contributed by atoms with Gasteiger partial charge in [0.25, 0.3) is 0 Å². The van der Waals surface area contributed by atoms with Crippen molar-refractivity contribution < 1.29 is 23.9 Å². The van der Waals surface area contributed by atoms with Crippen LogP contribution in [0.2, 0.25) is 0 Å². The normalized spacial score (nSPS) is 14.0. The minimum absolute atomic E-state index is 0.147. The number of fused-ring (bicyclic) bond motifs is 2. The van der Waals surface area contributed by atoms with E-state index in [9.17, 15) is 19.2 Å². The molecule has 0 spiro atoms. The molecule has 11 heteroatoms. The van der Waals surface area contributed by atoms with Gasteiger partial charge in [0, 0.05) is 47.0 Å². The van der Waals surface area contributed by atoms with Crippen LogP contribution >= 0.6 is 0 Å². The van der Waals surface area contributed by atoms with Crippen LogP contribution in [0.25, 0.3) is 21.8 Å². The molecule has 2 heterocycles. The molecular formula is C32H40N6O5. The van der Waals surface area contributed by atoms with Crippen molar-refractivity contribution in [1.29, 1.82) is 0 Å². The molecule has 0 saturated heterocycles. The average molecular weight is 589 g/mol. The first-order chi connectivity index (χ1) is 20.2. The van der Waals surface area contributed by atoms with Crippen molar-refractivity contribution in [3.05, 3.63) is 72.1 Å². The number of amides is 4. The second-order valence-corrected chi connectivity index (χ2v) is 12.5. The lowest BCUT2D eigenvalue weighted by Gasteiger charge is -2.33. The first-order valence-corrected chi connectivity index (χ1v) is 14.2. The maximum Gasteiger partial charge on any atom is 0.408 e. The third-order valence-electron chi connectivity index (χ3n) is 7.10. The van der Waals surface area contributed by atoms with Crippen molar-refractivity contribution in [3.63, 3.8) is 0 Å². The summed E-state index contributed by atoms with van der Waals surface area (Å²) in [5.41, 5.74) is 0.188. The summed E-state index contributed by atoms with van der Waals surface area (Å²) in [6.07, 6.45) is 3.85. The van der Waals surface area contributed by atoms with Gasteiger partial charge in [-0.15, -0.1) is 0 Å². The van der Waals surface area contributed by atoms with Gasteiger partial charge in [0.1, 0.15) is 22.8 Å². The largest absolute Gasteiger partial charge is 0.444 e. The molecule has 0 radical (unpaired) electrons. The molecule has 0 aliphatic heterocycles. The number of aromatic nitrogens is 2. The van der Waals surface area contributed by atoms with Crippen LogP contribution in [0.15, 0.2) is 60.9 Å². The molecule has 0 fully saturated rings. The minimum atomic E-state index is -1.41. The highest BCUT2D eigenvalue weighted by Gasteiger charge is 2.36. The monoisotopic (exact) mass is 588 g/mol. The number of ether oxygens (including phenoxy) is 1. The van der Waals surface area contributed by atoms with Crippen molar-refractivity contribution in [2.24, 2.45) is 0 Å². The average Bonchev–Trinajstić information content (AvgIpc) is 3.51. The van der Waals surface area contributed by atoms with Gasteiger partial charge in [-0.1, -0.05) is 36.4 Å². The maximum atomic E-state index is 13.9. The number of aromatic amines is 2. The Hall–Kier alpha value is -4.80. The molecule has 0 unspecified atom stereocenters. The number of hydrogen-bond acceptors (Lipinski definition) is 5. The topological polar surface area (TPSA) is 157 Å². The molecule has 4 rings (SSSR count). The molecule has 228 valence electrons. The molecule has 2 aromatic heterocycles. The number of hydrogen-bond donors (Lipinski definition) is 6. The zero-order valence-electron chi connectivity index (χ0n) is 25.4. The number of alkyl carbamates (subject to hydrolysis) is 1. The molecular weight excluding hydrogens is 548 g/mol. The number of nitrogens with one attached hydrogen (secondary N) is 6. The van der Waals surface area contributed by atoms with Crippen LogP contribution in [0, 0.1) is 0 Å². The summed E-state index contributed by atoms with van der Waals surface area (Å²) >= 11 is 0. The van der Waals surface area contributed by atoms with Gasteiger partial charge in [0.05, 0.1) is 0 Å². The number of carbonyl (C=O) groups is 4. The molecule has 11 nitrogen and oxygen atoms in total. The molecule has 0 bridgehead atoms.